The summed E-state index contributed by atoms with van der Waals surface area (Å²) in [6.07, 6.45) is 0. The molecule has 0 aliphatic rings. The summed E-state index contributed by atoms with van der Waals surface area (Å²) in [6.45, 7) is 3.72. The van der Waals surface area contributed by atoms with Gasteiger partial charge in [-0.15, -0.1) is 11.3 Å². The van der Waals surface area contributed by atoms with E-state index in [0.717, 1.165) is 16.0 Å². The maximum absolute atomic E-state index is 12.6. The molecule has 12 heteroatoms. The maximum atomic E-state index is 12.6. The first-order chi connectivity index (χ1) is 11.4. The number of thiazole rings is 1. The van der Waals surface area contributed by atoms with Crippen LogP contribution in [-0.4, -0.2) is 23.8 Å². The van der Waals surface area contributed by atoms with E-state index in [4.69, 9.17) is 0 Å². The quantitative estimate of drug-likeness (QED) is 0.613. The molecule has 0 unspecified atom stereocenters. The molecule has 0 aliphatic carbocycles. The number of aromatic nitrogens is 1. The van der Waals surface area contributed by atoms with Crippen molar-refractivity contribution in [3.05, 3.63) is 43.9 Å². The van der Waals surface area contributed by atoms with Gasteiger partial charge in [0.15, 0.2) is 0 Å². The maximum Gasteiger partial charge on any atom is 0.501 e. The third-order valence-corrected chi connectivity index (χ3v) is 5.64. The van der Waals surface area contributed by atoms with Gasteiger partial charge < -0.3 is 5.32 Å². The van der Waals surface area contributed by atoms with E-state index in [0.29, 0.717) is 17.8 Å². The second kappa shape index (κ2) is 6.59. The smallest absolute Gasteiger partial charge is 0.374 e. The molecule has 2 rings (SSSR count). The number of anilines is 1. The van der Waals surface area contributed by atoms with Gasteiger partial charge in [-0.3, -0.25) is 10.1 Å². The molecule has 2 aromatic rings. The van der Waals surface area contributed by atoms with Crippen molar-refractivity contribution in [1.82, 2.24) is 4.98 Å². The van der Waals surface area contributed by atoms with Gasteiger partial charge in [0.25, 0.3) is 15.5 Å². The first kappa shape index (κ1) is 19.1. The van der Waals surface area contributed by atoms with Crippen LogP contribution >= 0.6 is 11.3 Å². The van der Waals surface area contributed by atoms with Crippen LogP contribution in [0.4, 0.5) is 24.5 Å². The Balaban J connectivity index is 2.37. The Morgan fingerprint density at radius 3 is 2.44 bits per heavy atom. The number of nitro benzene ring substituents is 1. The Hall–Kier alpha value is -2.21. The lowest BCUT2D eigenvalue weighted by molar-refractivity contribution is -0.384. The van der Waals surface area contributed by atoms with Crippen LogP contribution in [0.2, 0.25) is 0 Å². The summed E-state index contributed by atoms with van der Waals surface area (Å²) in [6, 6.07) is 2.01. The molecular weight excluding hydrogens is 383 g/mol. The molecule has 0 aliphatic heterocycles. The number of sulfone groups is 1. The Labute approximate surface area is 144 Å². The summed E-state index contributed by atoms with van der Waals surface area (Å²) >= 11 is 1.43. The molecular formula is C13H12F3N3O4S2. The highest BCUT2D eigenvalue weighted by Gasteiger charge is 2.47. The Kier molecular flexibility index (Phi) is 5.04. The number of benzene rings is 1. The van der Waals surface area contributed by atoms with Gasteiger partial charge in [-0.25, -0.2) is 13.4 Å². The summed E-state index contributed by atoms with van der Waals surface area (Å²) in [5.41, 5.74) is -5.76. The SMILES string of the molecule is Cc1nc(CNc2ccc(S(=O)(=O)C(F)(F)F)cc2[N+](=O)[O-])c(C)s1. The minimum Gasteiger partial charge on any atom is -0.374 e. The Morgan fingerprint density at radius 1 is 1.32 bits per heavy atom. The van der Waals surface area contributed by atoms with E-state index < -0.39 is 30.9 Å². The van der Waals surface area contributed by atoms with Gasteiger partial charge in [-0.1, -0.05) is 0 Å². The summed E-state index contributed by atoms with van der Waals surface area (Å²) in [5.74, 6) is 0. The van der Waals surface area contributed by atoms with Crippen molar-refractivity contribution in [2.45, 2.75) is 30.8 Å². The van der Waals surface area contributed by atoms with E-state index in [9.17, 15) is 31.7 Å². The van der Waals surface area contributed by atoms with Crippen LogP contribution in [-0.2, 0) is 16.4 Å². The van der Waals surface area contributed by atoms with Crippen LogP contribution in [0.15, 0.2) is 23.1 Å². The van der Waals surface area contributed by atoms with Crippen molar-refractivity contribution in [3.8, 4) is 0 Å². The zero-order valence-electron chi connectivity index (χ0n) is 12.9. The summed E-state index contributed by atoms with van der Waals surface area (Å²) in [4.78, 5) is 14.1. The standard InChI is InChI=1S/C13H12F3N3O4S2/c1-7-11(18-8(2)24-7)6-17-10-4-3-9(5-12(10)19(20)21)25(22,23)13(14,15)16/h3-5,17H,6H2,1-2H3. The molecule has 1 N–H and O–H groups in total. The number of rotatable bonds is 5. The highest BCUT2D eigenvalue weighted by Crippen LogP contribution is 2.35. The van der Waals surface area contributed by atoms with Crippen molar-refractivity contribution in [1.29, 1.82) is 0 Å². The molecule has 7 nitrogen and oxygen atoms in total. The largest absolute Gasteiger partial charge is 0.501 e. The fourth-order valence-corrected chi connectivity index (χ4v) is 3.64. The van der Waals surface area contributed by atoms with Crippen molar-refractivity contribution in [2.75, 3.05) is 5.32 Å². The number of nitrogens with one attached hydrogen (secondary N) is 1. The average Bonchev–Trinajstić information content (AvgIpc) is 2.81. The van der Waals surface area contributed by atoms with Crippen molar-refractivity contribution >= 4 is 32.5 Å². The lowest BCUT2D eigenvalue weighted by atomic mass is 10.2. The molecule has 0 saturated heterocycles. The highest BCUT2D eigenvalue weighted by atomic mass is 32.2. The topological polar surface area (TPSA) is 102 Å². The molecule has 0 amide bonds. The molecule has 0 radical (unpaired) electrons. The van der Waals surface area contributed by atoms with Gasteiger partial charge >= 0.3 is 5.51 Å². The van der Waals surface area contributed by atoms with Crippen LogP contribution < -0.4 is 5.32 Å². The van der Waals surface area contributed by atoms with E-state index >= 15 is 0 Å². The van der Waals surface area contributed by atoms with Gasteiger partial charge in [0.1, 0.15) is 5.69 Å². The number of halogens is 3. The number of hydrogen-bond donors (Lipinski definition) is 1. The fourth-order valence-electron chi connectivity index (χ4n) is 2.03. The molecule has 1 heterocycles. The summed E-state index contributed by atoms with van der Waals surface area (Å²) in [7, 11) is -5.66. The monoisotopic (exact) mass is 395 g/mol. The van der Waals surface area contributed by atoms with Crippen LogP contribution in [0.25, 0.3) is 0 Å². The predicted octanol–water partition coefficient (Wildman–Crippen LogP) is 3.57. The molecule has 25 heavy (non-hydrogen) atoms. The summed E-state index contributed by atoms with van der Waals surface area (Å²) < 4.78 is 60.5. The molecule has 0 spiro atoms. The molecule has 0 fully saturated rings. The Morgan fingerprint density at radius 2 is 1.96 bits per heavy atom. The second-order valence-electron chi connectivity index (χ2n) is 4.97. The van der Waals surface area contributed by atoms with Crippen LogP contribution in [0, 0.1) is 24.0 Å². The molecule has 0 saturated carbocycles. The molecule has 136 valence electrons. The van der Waals surface area contributed by atoms with Gasteiger partial charge in [0.2, 0.25) is 0 Å². The number of aryl methyl sites for hydroxylation is 2. The lowest BCUT2D eigenvalue weighted by Crippen LogP contribution is -2.23. The Bertz CT molecular complexity index is 923. The minimum atomic E-state index is -5.66. The van der Waals surface area contributed by atoms with Crippen LogP contribution in [0.5, 0.6) is 0 Å². The molecule has 0 atom stereocenters. The van der Waals surface area contributed by atoms with Crippen LogP contribution in [0.3, 0.4) is 0 Å². The first-order valence-corrected chi connectivity index (χ1v) is 9.00. The van der Waals surface area contributed by atoms with E-state index in [1.807, 2.05) is 6.92 Å². The number of alkyl halides is 3. The third kappa shape index (κ3) is 3.90. The predicted molar refractivity (Wildman–Crippen MR) is 85.3 cm³/mol. The number of hydrogen-bond acceptors (Lipinski definition) is 7. The van der Waals surface area contributed by atoms with Gasteiger partial charge in [0.05, 0.1) is 27.1 Å². The zero-order chi connectivity index (χ0) is 19.0. The molecule has 1 aromatic carbocycles. The van der Waals surface area contributed by atoms with E-state index in [1.165, 1.54) is 11.3 Å². The first-order valence-electron chi connectivity index (χ1n) is 6.70. The molecule has 1 aromatic heterocycles. The second-order valence-corrected chi connectivity index (χ2v) is 8.32. The number of nitrogens with zero attached hydrogens (tertiary/aromatic N) is 2. The van der Waals surface area contributed by atoms with Crippen molar-refractivity contribution < 1.29 is 26.5 Å². The van der Waals surface area contributed by atoms with E-state index in [-0.39, 0.29) is 12.2 Å². The van der Waals surface area contributed by atoms with Crippen molar-refractivity contribution in [3.63, 3.8) is 0 Å². The van der Waals surface area contributed by atoms with Gasteiger partial charge in [0, 0.05) is 10.9 Å². The summed E-state index contributed by atoms with van der Waals surface area (Å²) in [5, 5.41) is 14.6. The number of nitro groups is 1. The van der Waals surface area contributed by atoms with Crippen LogP contribution in [0.1, 0.15) is 15.6 Å². The van der Waals surface area contributed by atoms with E-state index in [2.05, 4.69) is 10.3 Å². The minimum absolute atomic E-state index is 0.101. The van der Waals surface area contributed by atoms with Gasteiger partial charge in [-0.05, 0) is 26.0 Å². The van der Waals surface area contributed by atoms with E-state index in [1.54, 1.807) is 6.92 Å². The normalized spacial score (nSPS) is 12.2. The lowest BCUT2D eigenvalue weighted by Gasteiger charge is -2.10. The average molecular weight is 395 g/mol. The highest BCUT2D eigenvalue weighted by molar-refractivity contribution is 7.92. The van der Waals surface area contributed by atoms with Gasteiger partial charge in [-0.2, -0.15) is 13.2 Å². The zero-order valence-corrected chi connectivity index (χ0v) is 14.5. The fraction of sp³-hybridized carbons (Fsp3) is 0.308. The third-order valence-electron chi connectivity index (χ3n) is 3.23. The molecule has 0 bridgehead atoms. The van der Waals surface area contributed by atoms with Crippen molar-refractivity contribution in [2.24, 2.45) is 0 Å².